The highest BCUT2D eigenvalue weighted by Gasteiger charge is 2.01. The molecule has 0 unspecified atom stereocenters. The highest BCUT2D eigenvalue weighted by atomic mass is 16.5. The highest BCUT2D eigenvalue weighted by Crippen LogP contribution is 1.92. The first-order valence-corrected chi connectivity index (χ1v) is 5.01. The molecular weight excluding hydrogens is 166 g/mol. The van der Waals surface area contributed by atoms with Gasteiger partial charge in [0.25, 0.3) is 0 Å². The number of ether oxygens (including phenoxy) is 1. The smallest absolute Gasteiger partial charge is 0.220 e. The second-order valence-electron chi connectivity index (χ2n) is 3.50. The molecule has 0 aromatic rings. The number of rotatable bonds is 7. The second kappa shape index (κ2) is 8.05. The van der Waals surface area contributed by atoms with Gasteiger partial charge in [0.15, 0.2) is 0 Å². The summed E-state index contributed by atoms with van der Waals surface area (Å²) < 4.78 is 5.13. The zero-order valence-corrected chi connectivity index (χ0v) is 8.93. The molecule has 0 radical (unpaired) electrons. The van der Waals surface area contributed by atoms with Gasteiger partial charge in [-0.1, -0.05) is 13.8 Å². The Morgan fingerprint density at radius 3 is 2.69 bits per heavy atom. The summed E-state index contributed by atoms with van der Waals surface area (Å²) >= 11 is 0. The molecule has 0 aromatic heterocycles. The van der Waals surface area contributed by atoms with Crippen LogP contribution in [-0.2, 0) is 9.53 Å². The third kappa shape index (κ3) is 9.34. The Morgan fingerprint density at radius 2 is 2.15 bits per heavy atom. The quantitative estimate of drug-likeness (QED) is 0.614. The van der Waals surface area contributed by atoms with Gasteiger partial charge in [0.2, 0.25) is 5.91 Å². The van der Waals surface area contributed by atoms with Gasteiger partial charge in [-0.2, -0.15) is 0 Å². The van der Waals surface area contributed by atoms with Crippen molar-refractivity contribution in [2.45, 2.75) is 33.6 Å². The lowest BCUT2D eigenvalue weighted by atomic mass is 10.2. The minimum atomic E-state index is 0.133. The standard InChI is InChI=1S/C10H21NO2/c1-4-13-7-5-6-10(12)11-8-9(2)3/h9H,4-8H2,1-3H3,(H,11,12). The summed E-state index contributed by atoms with van der Waals surface area (Å²) in [5, 5.41) is 2.86. The Kier molecular flexibility index (Phi) is 7.69. The molecule has 3 heteroatoms. The topological polar surface area (TPSA) is 38.3 Å². The molecule has 3 nitrogen and oxygen atoms in total. The number of hydrogen-bond acceptors (Lipinski definition) is 2. The van der Waals surface area contributed by atoms with Crippen LogP contribution in [0.15, 0.2) is 0 Å². The third-order valence-corrected chi connectivity index (χ3v) is 1.60. The number of nitrogens with one attached hydrogen (secondary N) is 1. The predicted molar refractivity (Wildman–Crippen MR) is 53.6 cm³/mol. The van der Waals surface area contributed by atoms with Crippen molar-refractivity contribution in [1.29, 1.82) is 0 Å². The molecule has 1 amide bonds. The SMILES string of the molecule is CCOCCCC(=O)NCC(C)C. The molecule has 0 spiro atoms. The zero-order valence-electron chi connectivity index (χ0n) is 8.93. The Balaban J connectivity index is 3.20. The summed E-state index contributed by atoms with van der Waals surface area (Å²) in [6, 6.07) is 0. The molecule has 78 valence electrons. The first-order valence-electron chi connectivity index (χ1n) is 5.01. The fourth-order valence-corrected chi connectivity index (χ4v) is 0.885. The lowest BCUT2D eigenvalue weighted by Crippen LogP contribution is -2.27. The van der Waals surface area contributed by atoms with E-state index in [1.165, 1.54) is 0 Å². The van der Waals surface area contributed by atoms with Crippen LogP contribution in [0.4, 0.5) is 0 Å². The zero-order chi connectivity index (χ0) is 10.1. The van der Waals surface area contributed by atoms with Crippen LogP contribution in [-0.4, -0.2) is 25.7 Å². The molecular formula is C10H21NO2. The molecule has 0 aromatic carbocycles. The van der Waals surface area contributed by atoms with E-state index in [0.717, 1.165) is 19.6 Å². The summed E-state index contributed by atoms with van der Waals surface area (Å²) in [7, 11) is 0. The van der Waals surface area contributed by atoms with Gasteiger partial charge >= 0.3 is 0 Å². The van der Waals surface area contributed by atoms with E-state index in [-0.39, 0.29) is 5.91 Å². The Morgan fingerprint density at radius 1 is 1.46 bits per heavy atom. The van der Waals surface area contributed by atoms with Crippen molar-refractivity contribution in [3.8, 4) is 0 Å². The molecule has 0 aliphatic heterocycles. The first-order chi connectivity index (χ1) is 6.16. The molecule has 0 aliphatic carbocycles. The van der Waals surface area contributed by atoms with Crippen LogP contribution in [0.1, 0.15) is 33.6 Å². The van der Waals surface area contributed by atoms with Crippen molar-refractivity contribution in [1.82, 2.24) is 5.32 Å². The summed E-state index contributed by atoms with van der Waals surface area (Å²) in [5.41, 5.74) is 0. The summed E-state index contributed by atoms with van der Waals surface area (Å²) in [4.78, 5) is 11.1. The lowest BCUT2D eigenvalue weighted by Gasteiger charge is -2.07. The molecule has 0 bridgehead atoms. The average molecular weight is 187 g/mol. The molecule has 0 saturated carbocycles. The van der Waals surface area contributed by atoms with Gasteiger partial charge in [-0.15, -0.1) is 0 Å². The lowest BCUT2D eigenvalue weighted by molar-refractivity contribution is -0.121. The first kappa shape index (κ1) is 12.4. The molecule has 0 heterocycles. The van der Waals surface area contributed by atoms with Crippen molar-refractivity contribution >= 4 is 5.91 Å². The van der Waals surface area contributed by atoms with Crippen molar-refractivity contribution in [3.63, 3.8) is 0 Å². The van der Waals surface area contributed by atoms with Crippen molar-refractivity contribution in [2.75, 3.05) is 19.8 Å². The molecule has 0 fully saturated rings. The third-order valence-electron chi connectivity index (χ3n) is 1.60. The van der Waals surface area contributed by atoms with Gasteiger partial charge in [0.1, 0.15) is 0 Å². The summed E-state index contributed by atoms with van der Waals surface area (Å²) in [6.07, 6.45) is 1.39. The van der Waals surface area contributed by atoms with Crippen LogP contribution in [0, 0.1) is 5.92 Å². The summed E-state index contributed by atoms with van der Waals surface area (Å²) in [5.74, 6) is 0.657. The number of carbonyl (C=O) groups excluding carboxylic acids is 1. The Hall–Kier alpha value is -0.570. The van der Waals surface area contributed by atoms with Crippen molar-refractivity contribution in [3.05, 3.63) is 0 Å². The van der Waals surface area contributed by atoms with Gasteiger partial charge in [-0.25, -0.2) is 0 Å². The number of amides is 1. The molecule has 0 atom stereocenters. The van der Waals surface area contributed by atoms with Gasteiger partial charge < -0.3 is 10.1 Å². The van der Waals surface area contributed by atoms with Crippen LogP contribution in [0.25, 0.3) is 0 Å². The van der Waals surface area contributed by atoms with Gasteiger partial charge in [0, 0.05) is 26.2 Å². The van der Waals surface area contributed by atoms with Crippen molar-refractivity contribution < 1.29 is 9.53 Å². The van der Waals surface area contributed by atoms with E-state index >= 15 is 0 Å². The van der Waals surface area contributed by atoms with Crippen LogP contribution in [0.5, 0.6) is 0 Å². The highest BCUT2D eigenvalue weighted by molar-refractivity contribution is 5.75. The maximum atomic E-state index is 11.1. The fraction of sp³-hybridized carbons (Fsp3) is 0.900. The fourth-order valence-electron chi connectivity index (χ4n) is 0.885. The van der Waals surface area contributed by atoms with E-state index in [1.807, 2.05) is 6.92 Å². The Labute approximate surface area is 80.8 Å². The van der Waals surface area contributed by atoms with Gasteiger partial charge in [0.05, 0.1) is 0 Å². The van der Waals surface area contributed by atoms with E-state index in [1.54, 1.807) is 0 Å². The normalized spacial score (nSPS) is 10.5. The van der Waals surface area contributed by atoms with Crippen LogP contribution in [0.3, 0.4) is 0 Å². The number of hydrogen-bond donors (Lipinski definition) is 1. The largest absolute Gasteiger partial charge is 0.382 e. The molecule has 0 rings (SSSR count). The maximum Gasteiger partial charge on any atom is 0.220 e. The molecule has 0 saturated heterocycles. The second-order valence-corrected chi connectivity index (χ2v) is 3.50. The van der Waals surface area contributed by atoms with Crippen LogP contribution in [0.2, 0.25) is 0 Å². The Bertz CT molecular complexity index is 135. The minimum Gasteiger partial charge on any atom is -0.382 e. The van der Waals surface area contributed by atoms with Gasteiger partial charge in [-0.3, -0.25) is 4.79 Å². The number of carbonyl (C=O) groups is 1. The molecule has 1 N–H and O–H groups in total. The predicted octanol–water partition coefficient (Wildman–Crippen LogP) is 1.58. The van der Waals surface area contributed by atoms with E-state index < -0.39 is 0 Å². The van der Waals surface area contributed by atoms with Crippen molar-refractivity contribution in [2.24, 2.45) is 5.92 Å². The molecule has 13 heavy (non-hydrogen) atoms. The monoisotopic (exact) mass is 187 g/mol. The van der Waals surface area contributed by atoms with Gasteiger partial charge in [-0.05, 0) is 19.3 Å². The van der Waals surface area contributed by atoms with E-state index in [9.17, 15) is 4.79 Å². The molecule has 0 aliphatic rings. The maximum absolute atomic E-state index is 11.1. The summed E-state index contributed by atoms with van der Waals surface area (Å²) in [6.45, 7) is 8.31. The van der Waals surface area contributed by atoms with Crippen LogP contribution >= 0.6 is 0 Å². The van der Waals surface area contributed by atoms with E-state index in [2.05, 4.69) is 19.2 Å². The van der Waals surface area contributed by atoms with Crippen LogP contribution < -0.4 is 5.32 Å². The average Bonchev–Trinajstić information content (AvgIpc) is 2.09. The minimum absolute atomic E-state index is 0.133. The van der Waals surface area contributed by atoms with E-state index in [4.69, 9.17) is 4.74 Å². The van der Waals surface area contributed by atoms with E-state index in [0.29, 0.717) is 18.9 Å².